The molecule has 6 heteroatoms. The van der Waals surface area contributed by atoms with Crippen LogP contribution in [0.25, 0.3) is 0 Å². The smallest absolute Gasteiger partial charge is 0.233 e. The van der Waals surface area contributed by atoms with Crippen molar-refractivity contribution in [2.24, 2.45) is 0 Å². The summed E-state index contributed by atoms with van der Waals surface area (Å²) in [6, 6.07) is 8.35. The van der Waals surface area contributed by atoms with Crippen molar-refractivity contribution < 1.29 is 9.53 Å². The molecule has 0 bridgehead atoms. The van der Waals surface area contributed by atoms with E-state index < -0.39 is 0 Å². The van der Waals surface area contributed by atoms with E-state index in [4.69, 9.17) is 4.74 Å². The maximum atomic E-state index is 13.7. The van der Waals surface area contributed by atoms with Gasteiger partial charge in [-0.15, -0.1) is 0 Å². The highest BCUT2D eigenvalue weighted by atomic mass is 16.5. The summed E-state index contributed by atoms with van der Waals surface area (Å²) in [5.41, 5.74) is 2.88. The molecule has 1 saturated carbocycles. The minimum atomic E-state index is -0.387. The first kappa shape index (κ1) is 17.2. The van der Waals surface area contributed by atoms with Gasteiger partial charge in [-0.1, -0.05) is 37.1 Å². The van der Waals surface area contributed by atoms with Crippen LogP contribution in [0.5, 0.6) is 0 Å². The normalized spacial score (nSPS) is 24.9. The number of carbonyl (C=O) groups is 1. The van der Waals surface area contributed by atoms with Crippen molar-refractivity contribution in [2.45, 2.75) is 50.0 Å². The Bertz CT molecular complexity index is 768. The zero-order valence-electron chi connectivity index (χ0n) is 15.4. The van der Waals surface area contributed by atoms with Crippen LogP contribution in [-0.4, -0.2) is 52.5 Å². The first-order valence-corrected chi connectivity index (χ1v) is 9.39. The number of hydrogen-bond acceptors (Lipinski definition) is 4. The minimum Gasteiger partial charge on any atom is -0.379 e. The zero-order valence-corrected chi connectivity index (χ0v) is 15.4. The van der Waals surface area contributed by atoms with Crippen LogP contribution in [0.2, 0.25) is 0 Å². The molecular weight excluding hydrogens is 328 g/mol. The maximum Gasteiger partial charge on any atom is 0.233 e. The fourth-order valence-corrected chi connectivity index (χ4v) is 4.84. The molecule has 0 spiro atoms. The second-order valence-corrected chi connectivity index (χ2v) is 7.59. The summed E-state index contributed by atoms with van der Waals surface area (Å²) in [5, 5.41) is 10.8. The molecule has 2 aliphatic rings. The van der Waals surface area contributed by atoms with Crippen LogP contribution in [-0.2, 0) is 14.9 Å². The summed E-state index contributed by atoms with van der Waals surface area (Å²) in [6.45, 7) is 3.36. The Balaban J connectivity index is 1.64. The average Bonchev–Trinajstić information content (AvgIpc) is 3.40. The third-order valence-corrected chi connectivity index (χ3v) is 6.20. The maximum absolute atomic E-state index is 13.7. The highest BCUT2D eigenvalue weighted by molar-refractivity contribution is 5.89. The fourth-order valence-electron chi connectivity index (χ4n) is 4.84. The summed E-state index contributed by atoms with van der Waals surface area (Å²) in [7, 11) is 1.71. The molecule has 2 aromatic rings. The van der Waals surface area contributed by atoms with Crippen LogP contribution in [0.1, 0.15) is 48.4 Å². The highest BCUT2D eigenvalue weighted by Gasteiger charge is 2.49. The molecule has 4 rings (SSSR count). The molecule has 1 aliphatic carbocycles. The van der Waals surface area contributed by atoms with Gasteiger partial charge in [0.15, 0.2) is 0 Å². The Morgan fingerprint density at radius 1 is 1.27 bits per heavy atom. The molecule has 1 aromatic heterocycles. The van der Waals surface area contributed by atoms with Gasteiger partial charge in [0.25, 0.3) is 0 Å². The second kappa shape index (κ2) is 6.83. The van der Waals surface area contributed by atoms with E-state index in [1.165, 1.54) is 11.1 Å². The van der Waals surface area contributed by atoms with Crippen molar-refractivity contribution >= 4 is 5.91 Å². The largest absolute Gasteiger partial charge is 0.379 e. The highest BCUT2D eigenvalue weighted by Crippen LogP contribution is 2.45. The lowest BCUT2D eigenvalue weighted by Gasteiger charge is -2.34. The van der Waals surface area contributed by atoms with Crippen LogP contribution < -0.4 is 0 Å². The number of aromatic amines is 1. The molecule has 6 nitrogen and oxygen atoms in total. The molecule has 1 aliphatic heterocycles. The fraction of sp³-hybridized carbons (Fsp3) is 0.550. The number of aromatic nitrogens is 3. The van der Waals surface area contributed by atoms with E-state index in [9.17, 15) is 4.79 Å². The molecule has 1 saturated heterocycles. The van der Waals surface area contributed by atoms with E-state index >= 15 is 0 Å². The molecule has 138 valence electrons. The molecule has 0 radical (unpaired) electrons. The van der Waals surface area contributed by atoms with E-state index in [-0.39, 0.29) is 23.3 Å². The second-order valence-electron chi connectivity index (χ2n) is 7.59. The standard InChI is InChI=1S/C20H26N4O2/c1-14-7-3-4-8-16(14)20(9-5-6-10-20)19(25)24-12-15(18(13-24)26-2)17-11-21-23-22-17/h3-4,7-8,11,15,18H,5-6,9-10,12-13H2,1-2H3,(H,21,22,23)/t15-,18+/m0/s1. The Kier molecular flexibility index (Phi) is 4.53. The Morgan fingerprint density at radius 3 is 2.69 bits per heavy atom. The number of ether oxygens (including phenoxy) is 1. The number of rotatable bonds is 4. The van der Waals surface area contributed by atoms with Crippen LogP contribution in [0, 0.1) is 6.92 Å². The minimum absolute atomic E-state index is 0.0422. The van der Waals surface area contributed by atoms with Gasteiger partial charge in [0.05, 0.1) is 29.3 Å². The van der Waals surface area contributed by atoms with E-state index in [1.54, 1.807) is 13.3 Å². The van der Waals surface area contributed by atoms with Crippen molar-refractivity contribution in [3.8, 4) is 0 Å². The van der Waals surface area contributed by atoms with Gasteiger partial charge in [-0.05, 0) is 30.9 Å². The number of benzene rings is 1. The summed E-state index contributed by atoms with van der Waals surface area (Å²) >= 11 is 0. The zero-order chi connectivity index (χ0) is 18.1. The van der Waals surface area contributed by atoms with Gasteiger partial charge in [0.2, 0.25) is 5.91 Å². The van der Waals surface area contributed by atoms with Crippen molar-refractivity contribution in [2.75, 3.05) is 20.2 Å². The number of nitrogens with zero attached hydrogens (tertiary/aromatic N) is 3. The number of H-pyrrole nitrogens is 1. The first-order valence-electron chi connectivity index (χ1n) is 9.39. The number of methoxy groups -OCH3 is 1. The molecule has 2 atom stereocenters. The number of carbonyl (C=O) groups excluding carboxylic acids is 1. The van der Waals surface area contributed by atoms with E-state index in [2.05, 4.69) is 40.5 Å². The average molecular weight is 354 g/mol. The lowest BCUT2D eigenvalue weighted by Crippen LogP contribution is -2.45. The first-order chi connectivity index (χ1) is 12.7. The third kappa shape index (κ3) is 2.72. The Hall–Kier alpha value is -2.21. The number of likely N-dealkylation sites (tertiary alicyclic amines) is 1. The van der Waals surface area contributed by atoms with Gasteiger partial charge in [0, 0.05) is 20.2 Å². The number of amides is 1. The predicted octanol–water partition coefficient (Wildman–Crippen LogP) is 2.57. The quantitative estimate of drug-likeness (QED) is 0.916. The van der Waals surface area contributed by atoms with E-state index in [0.29, 0.717) is 13.1 Å². The van der Waals surface area contributed by atoms with Crippen molar-refractivity contribution in [3.63, 3.8) is 0 Å². The monoisotopic (exact) mass is 354 g/mol. The Morgan fingerprint density at radius 2 is 2.04 bits per heavy atom. The van der Waals surface area contributed by atoms with Gasteiger partial charge in [-0.3, -0.25) is 4.79 Å². The van der Waals surface area contributed by atoms with E-state index in [0.717, 1.165) is 31.4 Å². The number of aryl methyl sites for hydroxylation is 1. The number of hydrogen-bond donors (Lipinski definition) is 1. The van der Waals surface area contributed by atoms with Crippen LogP contribution in [0.15, 0.2) is 30.5 Å². The van der Waals surface area contributed by atoms with E-state index in [1.807, 2.05) is 11.0 Å². The van der Waals surface area contributed by atoms with Crippen molar-refractivity contribution in [1.82, 2.24) is 20.3 Å². The molecule has 0 unspecified atom stereocenters. The summed E-state index contributed by atoms with van der Waals surface area (Å²) < 4.78 is 5.68. The molecule has 1 aromatic carbocycles. The molecular formula is C20H26N4O2. The summed E-state index contributed by atoms with van der Waals surface area (Å²) in [6.07, 6.45) is 5.76. The lowest BCUT2D eigenvalue weighted by atomic mass is 9.75. The van der Waals surface area contributed by atoms with Gasteiger partial charge in [-0.2, -0.15) is 15.4 Å². The molecule has 1 amide bonds. The van der Waals surface area contributed by atoms with Crippen molar-refractivity contribution in [3.05, 3.63) is 47.3 Å². The topological polar surface area (TPSA) is 71.1 Å². The lowest BCUT2D eigenvalue weighted by molar-refractivity contribution is -0.136. The molecule has 26 heavy (non-hydrogen) atoms. The third-order valence-electron chi connectivity index (χ3n) is 6.20. The molecule has 1 N–H and O–H groups in total. The molecule has 2 heterocycles. The van der Waals surface area contributed by atoms with Crippen LogP contribution in [0.4, 0.5) is 0 Å². The predicted molar refractivity (Wildman–Crippen MR) is 97.8 cm³/mol. The van der Waals surface area contributed by atoms with Gasteiger partial charge >= 0.3 is 0 Å². The van der Waals surface area contributed by atoms with Crippen molar-refractivity contribution in [1.29, 1.82) is 0 Å². The molecule has 2 fully saturated rings. The van der Waals surface area contributed by atoms with Crippen LogP contribution >= 0.6 is 0 Å². The van der Waals surface area contributed by atoms with Gasteiger partial charge in [-0.25, -0.2) is 0 Å². The van der Waals surface area contributed by atoms with Gasteiger partial charge in [0.1, 0.15) is 0 Å². The SMILES string of the molecule is CO[C@@H]1CN(C(=O)C2(c3ccccc3C)CCCC2)C[C@H]1c1cn[nH]n1. The Labute approximate surface area is 153 Å². The number of nitrogens with one attached hydrogen (secondary N) is 1. The van der Waals surface area contributed by atoms with Crippen LogP contribution in [0.3, 0.4) is 0 Å². The summed E-state index contributed by atoms with van der Waals surface area (Å²) in [4.78, 5) is 15.7. The summed E-state index contributed by atoms with van der Waals surface area (Å²) in [5.74, 6) is 0.315. The van der Waals surface area contributed by atoms with Gasteiger partial charge < -0.3 is 9.64 Å².